The molecule has 1 aromatic heterocycles. The van der Waals surface area contributed by atoms with E-state index in [1.807, 2.05) is 0 Å². The Balaban J connectivity index is 1.40. The number of carbonyl (C=O) groups excluding carboxylic acids is 1. The summed E-state index contributed by atoms with van der Waals surface area (Å²) in [6, 6.07) is 9.64. The first kappa shape index (κ1) is 15.4. The van der Waals surface area contributed by atoms with Gasteiger partial charge in [-0.3, -0.25) is 9.78 Å². The van der Waals surface area contributed by atoms with Crippen molar-refractivity contribution < 1.29 is 9.53 Å². The van der Waals surface area contributed by atoms with Crippen molar-refractivity contribution in [3.63, 3.8) is 0 Å². The molecule has 2 aromatic rings. The van der Waals surface area contributed by atoms with Crippen LogP contribution in [0.5, 0.6) is 11.5 Å². The maximum absolute atomic E-state index is 12.4. The molecule has 1 saturated carbocycles. The highest BCUT2D eigenvalue weighted by molar-refractivity contribution is 6.31. The highest BCUT2D eigenvalue weighted by atomic mass is 35.5. The van der Waals surface area contributed by atoms with E-state index in [2.05, 4.69) is 15.6 Å². The van der Waals surface area contributed by atoms with Gasteiger partial charge >= 0.3 is 0 Å². The Hall–Kier alpha value is -2.11. The first-order chi connectivity index (χ1) is 11.7. The molecule has 2 fully saturated rings. The van der Waals surface area contributed by atoms with Crippen LogP contribution in [0.25, 0.3) is 0 Å². The van der Waals surface area contributed by atoms with E-state index in [4.69, 9.17) is 16.3 Å². The highest BCUT2D eigenvalue weighted by Crippen LogP contribution is 2.31. The van der Waals surface area contributed by atoms with Crippen LogP contribution in [0.2, 0.25) is 5.02 Å². The molecule has 3 unspecified atom stereocenters. The van der Waals surface area contributed by atoms with Gasteiger partial charge in [0, 0.05) is 42.7 Å². The van der Waals surface area contributed by atoms with E-state index >= 15 is 0 Å². The van der Waals surface area contributed by atoms with E-state index in [1.165, 1.54) is 12.6 Å². The number of ether oxygens (including phenoxy) is 1. The van der Waals surface area contributed by atoms with Gasteiger partial charge in [-0.2, -0.15) is 0 Å². The van der Waals surface area contributed by atoms with Crippen LogP contribution in [-0.4, -0.2) is 29.5 Å². The lowest BCUT2D eigenvalue weighted by molar-refractivity contribution is 0.0925. The summed E-state index contributed by atoms with van der Waals surface area (Å²) in [6.45, 7) is 1.01. The molecule has 1 amide bonds. The van der Waals surface area contributed by atoms with Crippen LogP contribution >= 0.6 is 11.6 Å². The minimum absolute atomic E-state index is 0.0268. The molecule has 2 heterocycles. The average Bonchev–Trinajstić information content (AvgIpc) is 3.20. The second-order valence-electron chi connectivity index (χ2n) is 6.35. The summed E-state index contributed by atoms with van der Waals surface area (Å²) in [5, 5.41) is 7.06. The number of fused-ring (bicyclic) bond motifs is 2. The molecule has 2 N–H and O–H groups in total. The Morgan fingerprint density at radius 3 is 2.75 bits per heavy atom. The molecule has 1 aliphatic heterocycles. The lowest BCUT2D eigenvalue weighted by Gasteiger charge is -2.23. The number of pyridine rings is 1. The third kappa shape index (κ3) is 3.09. The third-order valence-electron chi connectivity index (χ3n) is 4.76. The first-order valence-electron chi connectivity index (χ1n) is 8.11. The average molecular weight is 344 g/mol. The SMILES string of the molecule is O=C(NC1CC2CC1CN2)c1ccc(Oc2ccncc2Cl)cc1. The van der Waals surface area contributed by atoms with Crippen LogP contribution in [0, 0.1) is 5.92 Å². The first-order valence-corrected chi connectivity index (χ1v) is 8.48. The summed E-state index contributed by atoms with van der Waals surface area (Å²) in [7, 11) is 0. The predicted molar refractivity (Wildman–Crippen MR) is 91.5 cm³/mol. The Labute approximate surface area is 145 Å². The standard InChI is InChI=1S/C18H18ClN3O2/c19-15-10-20-6-5-17(15)24-14-3-1-11(2-4-14)18(23)22-16-8-13-7-12(16)9-21-13/h1-6,10,12-13,16,21H,7-9H2,(H,22,23). The smallest absolute Gasteiger partial charge is 0.251 e. The molecule has 5 nitrogen and oxygen atoms in total. The summed E-state index contributed by atoms with van der Waals surface area (Å²) < 4.78 is 5.71. The molecule has 0 spiro atoms. The Morgan fingerprint density at radius 2 is 2.08 bits per heavy atom. The Morgan fingerprint density at radius 1 is 1.25 bits per heavy atom. The number of nitrogens with zero attached hydrogens (tertiary/aromatic N) is 1. The van der Waals surface area contributed by atoms with Gasteiger partial charge in [-0.1, -0.05) is 11.6 Å². The van der Waals surface area contributed by atoms with Crippen LogP contribution in [-0.2, 0) is 0 Å². The van der Waals surface area contributed by atoms with Gasteiger partial charge in [0.2, 0.25) is 0 Å². The molecular formula is C18H18ClN3O2. The fourth-order valence-corrected chi connectivity index (χ4v) is 3.67. The van der Waals surface area contributed by atoms with Crippen LogP contribution in [0.3, 0.4) is 0 Å². The lowest BCUT2D eigenvalue weighted by Crippen LogP contribution is -2.44. The van der Waals surface area contributed by atoms with E-state index in [-0.39, 0.29) is 11.9 Å². The highest BCUT2D eigenvalue weighted by Gasteiger charge is 2.40. The zero-order chi connectivity index (χ0) is 16.5. The van der Waals surface area contributed by atoms with Crippen molar-refractivity contribution in [3.8, 4) is 11.5 Å². The number of benzene rings is 1. The zero-order valence-corrected chi connectivity index (χ0v) is 13.8. The topological polar surface area (TPSA) is 63.2 Å². The molecule has 1 aliphatic carbocycles. The summed E-state index contributed by atoms with van der Waals surface area (Å²) in [6.07, 6.45) is 5.35. The molecule has 1 aromatic carbocycles. The number of amides is 1. The zero-order valence-electron chi connectivity index (χ0n) is 13.0. The van der Waals surface area contributed by atoms with Crippen molar-refractivity contribution in [2.75, 3.05) is 6.54 Å². The molecular weight excluding hydrogens is 326 g/mol. The molecule has 4 rings (SSSR count). The van der Waals surface area contributed by atoms with Crippen molar-refractivity contribution in [1.82, 2.24) is 15.6 Å². The Bertz CT molecular complexity index is 750. The van der Waals surface area contributed by atoms with Gasteiger partial charge in [-0.25, -0.2) is 0 Å². The van der Waals surface area contributed by atoms with Gasteiger partial charge in [0.05, 0.1) is 0 Å². The Kier molecular flexibility index (Phi) is 4.12. The van der Waals surface area contributed by atoms with Crippen LogP contribution in [0.4, 0.5) is 0 Å². The number of carbonyl (C=O) groups is 1. The van der Waals surface area contributed by atoms with E-state index in [1.54, 1.807) is 36.5 Å². The minimum Gasteiger partial charge on any atom is -0.456 e. The molecule has 3 atom stereocenters. The fourth-order valence-electron chi connectivity index (χ4n) is 3.51. The van der Waals surface area contributed by atoms with E-state index < -0.39 is 0 Å². The van der Waals surface area contributed by atoms with Gasteiger partial charge in [-0.15, -0.1) is 0 Å². The number of piperidine rings is 1. The molecule has 1 saturated heterocycles. The molecule has 24 heavy (non-hydrogen) atoms. The molecule has 6 heteroatoms. The monoisotopic (exact) mass is 343 g/mol. The van der Waals surface area contributed by atoms with Gasteiger partial charge in [0.15, 0.2) is 0 Å². The van der Waals surface area contributed by atoms with Crippen LogP contribution in [0.15, 0.2) is 42.7 Å². The second kappa shape index (κ2) is 6.42. The fraction of sp³-hybridized carbons (Fsp3) is 0.333. The van der Waals surface area contributed by atoms with Gasteiger partial charge < -0.3 is 15.4 Å². The number of nitrogens with one attached hydrogen (secondary N) is 2. The molecule has 124 valence electrons. The molecule has 0 radical (unpaired) electrons. The maximum atomic E-state index is 12.4. The molecule has 2 aliphatic rings. The number of hydrogen-bond acceptors (Lipinski definition) is 4. The van der Waals surface area contributed by atoms with Crippen molar-refractivity contribution in [2.45, 2.75) is 24.9 Å². The van der Waals surface area contributed by atoms with Gasteiger partial charge in [0.1, 0.15) is 16.5 Å². The largest absolute Gasteiger partial charge is 0.456 e. The second-order valence-corrected chi connectivity index (χ2v) is 6.76. The molecule has 2 bridgehead atoms. The maximum Gasteiger partial charge on any atom is 0.251 e. The quantitative estimate of drug-likeness (QED) is 0.895. The van der Waals surface area contributed by atoms with Crippen molar-refractivity contribution >= 4 is 17.5 Å². The van der Waals surface area contributed by atoms with E-state index in [9.17, 15) is 4.79 Å². The summed E-state index contributed by atoms with van der Waals surface area (Å²) in [5.41, 5.74) is 0.638. The third-order valence-corrected chi connectivity index (χ3v) is 5.04. The minimum atomic E-state index is -0.0268. The predicted octanol–water partition coefficient (Wildman–Crippen LogP) is 3.01. The van der Waals surface area contributed by atoms with Crippen LogP contribution in [0.1, 0.15) is 23.2 Å². The number of rotatable bonds is 4. The van der Waals surface area contributed by atoms with E-state index in [0.29, 0.717) is 34.0 Å². The summed E-state index contributed by atoms with van der Waals surface area (Å²) in [4.78, 5) is 16.3. The number of halogens is 1. The summed E-state index contributed by atoms with van der Waals surface area (Å²) >= 11 is 6.03. The summed E-state index contributed by atoms with van der Waals surface area (Å²) in [5.74, 6) is 1.71. The normalized spacial score (nSPS) is 24.8. The number of hydrogen-bond donors (Lipinski definition) is 2. The number of aromatic nitrogens is 1. The lowest BCUT2D eigenvalue weighted by atomic mass is 10.0. The van der Waals surface area contributed by atoms with Crippen molar-refractivity contribution in [2.24, 2.45) is 5.92 Å². The van der Waals surface area contributed by atoms with Gasteiger partial charge in [-0.05, 0) is 43.0 Å². The van der Waals surface area contributed by atoms with E-state index in [0.717, 1.165) is 13.0 Å². The van der Waals surface area contributed by atoms with Gasteiger partial charge in [0.25, 0.3) is 5.91 Å². The van der Waals surface area contributed by atoms with Crippen molar-refractivity contribution in [3.05, 3.63) is 53.3 Å². The van der Waals surface area contributed by atoms with Crippen LogP contribution < -0.4 is 15.4 Å². The van der Waals surface area contributed by atoms with Crippen molar-refractivity contribution in [1.29, 1.82) is 0 Å².